The van der Waals surface area contributed by atoms with E-state index in [1.165, 1.54) is 25.7 Å². The lowest BCUT2D eigenvalue weighted by molar-refractivity contribution is 0.144. The van der Waals surface area contributed by atoms with Crippen molar-refractivity contribution in [1.82, 2.24) is 15.0 Å². The van der Waals surface area contributed by atoms with Crippen LogP contribution in [0, 0.1) is 5.41 Å². The highest BCUT2D eigenvalue weighted by Gasteiger charge is 2.34. The van der Waals surface area contributed by atoms with Crippen LogP contribution in [0.15, 0.2) is 0 Å². The molecule has 1 aromatic heterocycles. The molecular weight excluding hydrogens is 242 g/mol. The van der Waals surface area contributed by atoms with Crippen molar-refractivity contribution in [1.29, 1.82) is 0 Å². The minimum absolute atomic E-state index is 0.197. The van der Waals surface area contributed by atoms with Gasteiger partial charge >= 0.3 is 6.01 Å². The Labute approximate surface area is 114 Å². The molecule has 1 saturated carbocycles. The van der Waals surface area contributed by atoms with Gasteiger partial charge in [-0.3, -0.25) is 0 Å². The van der Waals surface area contributed by atoms with Gasteiger partial charge in [-0.05, 0) is 31.1 Å². The van der Waals surface area contributed by atoms with E-state index in [4.69, 9.17) is 10.5 Å². The Morgan fingerprint density at radius 1 is 1.26 bits per heavy atom. The molecule has 0 spiro atoms. The van der Waals surface area contributed by atoms with Gasteiger partial charge in [0.05, 0.1) is 6.61 Å². The molecule has 0 atom stereocenters. The summed E-state index contributed by atoms with van der Waals surface area (Å²) in [6.07, 6.45) is 5.96. The molecule has 0 saturated heterocycles. The largest absolute Gasteiger partial charge is 0.463 e. The average molecular weight is 265 g/mol. The zero-order valence-corrected chi connectivity index (χ0v) is 11.8. The van der Waals surface area contributed by atoms with Gasteiger partial charge in [-0.25, -0.2) is 0 Å². The molecule has 0 unspecified atom stereocenters. The Kier molecular flexibility index (Phi) is 4.39. The normalized spacial score (nSPS) is 16.7. The molecule has 3 N–H and O–H groups in total. The molecule has 0 aliphatic heterocycles. The van der Waals surface area contributed by atoms with Crippen LogP contribution in [0.1, 0.15) is 46.0 Å². The number of nitrogen functional groups attached to an aromatic ring is 1. The second-order valence-corrected chi connectivity index (χ2v) is 5.21. The van der Waals surface area contributed by atoms with Crippen molar-refractivity contribution in [2.24, 2.45) is 5.41 Å². The number of aromatic nitrogens is 3. The van der Waals surface area contributed by atoms with E-state index >= 15 is 0 Å². The Morgan fingerprint density at radius 3 is 2.63 bits per heavy atom. The van der Waals surface area contributed by atoms with Crippen LogP contribution in [0.25, 0.3) is 0 Å². The fourth-order valence-corrected chi connectivity index (χ4v) is 2.31. The summed E-state index contributed by atoms with van der Waals surface area (Å²) in [6.45, 7) is 5.74. The van der Waals surface area contributed by atoms with Crippen LogP contribution in [-0.4, -0.2) is 28.1 Å². The van der Waals surface area contributed by atoms with Gasteiger partial charge in [0.1, 0.15) is 0 Å². The lowest BCUT2D eigenvalue weighted by Crippen LogP contribution is -2.36. The van der Waals surface area contributed by atoms with E-state index in [0.29, 0.717) is 24.0 Å². The first kappa shape index (κ1) is 13.8. The molecule has 6 heteroatoms. The van der Waals surface area contributed by atoms with E-state index in [2.05, 4.69) is 27.2 Å². The second-order valence-electron chi connectivity index (χ2n) is 5.21. The summed E-state index contributed by atoms with van der Waals surface area (Å²) in [7, 11) is 0. The van der Waals surface area contributed by atoms with Crippen molar-refractivity contribution in [2.75, 3.05) is 24.2 Å². The Hall–Kier alpha value is -1.59. The number of nitrogens with one attached hydrogen (secondary N) is 1. The maximum atomic E-state index is 5.67. The van der Waals surface area contributed by atoms with Gasteiger partial charge in [0.2, 0.25) is 11.9 Å². The Balaban J connectivity index is 1.97. The van der Waals surface area contributed by atoms with Gasteiger partial charge in [-0.15, -0.1) is 0 Å². The number of rotatable bonds is 7. The first-order valence-electron chi connectivity index (χ1n) is 7.06. The minimum atomic E-state index is 0.197. The lowest BCUT2D eigenvalue weighted by atomic mass is 9.67. The van der Waals surface area contributed by atoms with E-state index in [9.17, 15) is 0 Å². The number of hydrogen-bond donors (Lipinski definition) is 2. The standard InChI is InChI=1S/C13H23N5O/c1-3-8-19-12-17-10(14)16-11(18-12)15-9-13(4-2)6-5-7-13/h3-9H2,1-2H3,(H3,14,15,16,17,18). The molecule has 1 heterocycles. The average Bonchev–Trinajstić information content (AvgIpc) is 2.35. The van der Waals surface area contributed by atoms with Crippen LogP contribution >= 0.6 is 0 Å². The van der Waals surface area contributed by atoms with E-state index in [0.717, 1.165) is 13.0 Å². The van der Waals surface area contributed by atoms with Crippen molar-refractivity contribution in [3.8, 4) is 6.01 Å². The highest BCUT2D eigenvalue weighted by Crippen LogP contribution is 2.43. The van der Waals surface area contributed by atoms with Gasteiger partial charge in [0.15, 0.2) is 0 Å². The van der Waals surface area contributed by atoms with Crippen LogP contribution < -0.4 is 15.8 Å². The second kappa shape index (κ2) is 6.04. The number of nitrogens with two attached hydrogens (primary N) is 1. The molecular formula is C13H23N5O. The quantitative estimate of drug-likeness (QED) is 0.786. The van der Waals surface area contributed by atoms with Crippen molar-refractivity contribution in [3.05, 3.63) is 0 Å². The molecule has 1 aromatic rings. The highest BCUT2D eigenvalue weighted by molar-refractivity contribution is 5.33. The number of nitrogens with zero attached hydrogens (tertiary/aromatic N) is 3. The lowest BCUT2D eigenvalue weighted by Gasteiger charge is -2.41. The summed E-state index contributed by atoms with van der Waals surface area (Å²) in [6, 6.07) is 0.302. The molecule has 0 amide bonds. The predicted molar refractivity (Wildman–Crippen MR) is 75.1 cm³/mol. The van der Waals surface area contributed by atoms with E-state index in [1.807, 2.05) is 6.92 Å². The third kappa shape index (κ3) is 3.45. The van der Waals surface area contributed by atoms with Crippen LogP contribution in [0.4, 0.5) is 11.9 Å². The van der Waals surface area contributed by atoms with E-state index < -0.39 is 0 Å². The van der Waals surface area contributed by atoms with Crippen LogP contribution in [0.2, 0.25) is 0 Å². The maximum absolute atomic E-state index is 5.67. The number of ether oxygens (including phenoxy) is 1. The molecule has 0 aromatic carbocycles. The maximum Gasteiger partial charge on any atom is 0.323 e. The Morgan fingerprint density at radius 2 is 2.05 bits per heavy atom. The summed E-state index contributed by atoms with van der Waals surface area (Å²) in [5.41, 5.74) is 6.08. The van der Waals surface area contributed by atoms with E-state index in [1.54, 1.807) is 0 Å². The van der Waals surface area contributed by atoms with Gasteiger partial charge in [-0.2, -0.15) is 15.0 Å². The van der Waals surface area contributed by atoms with Gasteiger partial charge in [0.25, 0.3) is 0 Å². The number of hydrogen-bond acceptors (Lipinski definition) is 6. The van der Waals surface area contributed by atoms with Crippen molar-refractivity contribution in [2.45, 2.75) is 46.0 Å². The van der Waals surface area contributed by atoms with Crippen molar-refractivity contribution >= 4 is 11.9 Å². The zero-order valence-electron chi connectivity index (χ0n) is 11.8. The molecule has 19 heavy (non-hydrogen) atoms. The van der Waals surface area contributed by atoms with Gasteiger partial charge in [0, 0.05) is 6.54 Å². The first-order valence-corrected chi connectivity index (χ1v) is 7.06. The first-order chi connectivity index (χ1) is 9.17. The van der Waals surface area contributed by atoms with Crippen LogP contribution in [0.5, 0.6) is 6.01 Å². The molecule has 6 nitrogen and oxygen atoms in total. The highest BCUT2D eigenvalue weighted by atomic mass is 16.5. The van der Waals surface area contributed by atoms with Crippen molar-refractivity contribution < 1.29 is 4.74 Å². The van der Waals surface area contributed by atoms with E-state index in [-0.39, 0.29) is 5.95 Å². The summed E-state index contributed by atoms with van der Waals surface area (Å²) in [5, 5.41) is 3.27. The fraction of sp³-hybridized carbons (Fsp3) is 0.769. The van der Waals surface area contributed by atoms with Crippen LogP contribution in [0.3, 0.4) is 0 Å². The molecule has 2 rings (SSSR count). The Bertz CT molecular complexity index is 414. The SMILES string of the molecule is CCCOc1nc(N)nc(NCC2(CC)CCC2)n1. The zero-order chi connectivity index (χ0) is 13.7. The van der Waals surface area contributed by atoms with Crippen molar-refractivity contribution in [3.63, 3.8) is 0 Å². The molecule has 1 aliphatic carbocycles. The molecule has 1 aliphatic rings. The van der Waals surface area contributed by atoms with Crippen LogP contribution in [-0.2, 0) is 0 Å². The smallest absolute Gasteiger partial charge is 0.323 e. The third-order valence-corrected chi connectivity index (χ3v) is 3.85. The molecule has 1 fully saturated rings. The minimum Gasteiger partial charge on any atom is -0.463 e. The van der Waals surface area contributed by atoms with Gasteiger partial charge in [-0.1, -0.05) is 20.3 Å². The topological polar surface area (TPSA) is 86.0 Å². The summed E-state index contributed by atoms with van der Waals surface area (Å²) >= 11 is 0. The third-order valence-electron chi connectivity index (χ3n) is 3.85. The van der Waals surface area contributed by atoms with Gasteiger partial charge < -0.3 is 15.8 Å². The summed E-state index contributed by atoms with van der Waals surface area (Å²) < 4.78 is 5.39. The molecule has 0 radical (unpaired) electrons. The predicted octanol–water partition coefficient (Wildman–Crippen LogP) is 2.23. The summed E-state index contributed by atoms with van der Waals surface area (Å²) in [4.78, 5) is 12.3. The number of anilines is 2. The summed E-state index contributed by atoms with van der Waals surface area (Å²) in [5.74, 6) is 0.709. The monoisotopic (exact) mass is 265 g/mol. The fourth-order valence-electron chi connectivity index (χ4n) is 2.31. The molecule has 0 bridgehead atoms. The molecule has 106 valence electrons.